The minimum Gasteiger partial charge on any atom is -0.495 e. The maximum atomic E-state index is 8.46. The molecule has 1 rings (SSSR count). The number of ether oxygens (including phenoxy) is 1. The summed E-state index contributed by atoms with van der Waals surface area (Å²) in [5.74, 6) is 0.716. The van der Waals surface area contributed by atoms with Gasteiger partial charge in [0.25, 0.3) is 0 Å². The Morgan fingerprint density at radius 1 is 1.70 bits per heavy atom. The van der Waals surface area contributed by atoms with Crippen LogP contribution in [0.1, 0.15) is 19.3 Å². The van der Waals surface area contributed by atoms with Crippen molar-refractivity contribution in [1.29, 1.82) is 0 Å². The molecule has 0 aromatic rings. The molecule has 1 aliphatic rings. The molecular formula is C7H11NO2. The van der Waals surface area contributed by atoms with Gasteiger partial charge in [-0.05, 0) is 25.3 Å². The number of oxime groups is 1. The number of hydrogen-bond donors (Lipinski definition) is 1. The monoisotopic (exact) mass is 141 g/mol. The summed E-state index contributed by atoms with van der Waals surface area (Å²) >= 11 is 0. The van der Waals surface area contributed by atoms with Gasteiger partial charge in [-0.3, -0.25) is 0 Å². The van der Waals surface area contributed by atoms with Crippen molar-refractivity contribution in [1.82, 2.24) is 0 Å². The lowest BCUT2D eigenvalue weighted by atomic mass is 10.0. The van der Waals surface area contributed by atoms with Crippen molar-refractivity contribution in [3.63, 3.8) is 0 Å². The van der Waals surface area contributed by atoms with Crippen LogP contribution in [0.25, 0.3) is 0 Å². The third-order valence-corrected chi connectivity index (χ3v) is 1.57. The summed E-state index contributed by atoms with van der Waals surface area (Å²) in [4.78, 5) is 0. The molecule has 1 N–H and O–H groups in total. The van der Waals surface area contributed by atoms with Crippen LogP contribution in [0.4, 0.5) is 0 Å². The van der Waals surface area contributed by atoms with Crippen molar-refractivity contribution in [3.05, 3.63) is 11.8 Å². The molecule has 0 spiro atoms. The highest BCUT2D eigenvalue weighted by atomic mass is 16.5. The SMILES string of the molecule is COC1=CCCCC1=NO. The van der Waals surface area contributed by atoms with Crippen molar-refractivity contribution in [2.75, 3.05) is 7.11 Å². The summed E-state index contributed by atoms with van der Waals surface area (Å²) in [6.07, 6.45) is 4.82. The van der Waals surface area contributed by atoms with Crippen LogP contribution in [0.5, 0.6) is 0 Å². The highest BCUT2D eigenvalue weighted by Gasteiger charge is 2.11. The van der Waals surface area contributed by atoms with Gasteiger partial charge < -0.3 is 9.94 Å². The van der Waals surface area contributed by atoms with Crippen LogP contribution in [0.3, 0.4) is 0 Å². The van der Waals surface area contributed by atoms with Crippen molar-refractivity contribution < 1.29 is 9.94 Å². The zero-order chi connectivity index (χ0) is 7.40. The van der Waals surface area contributed by atoms with E-state index in [0.717, 1.165) is 19.3 Å². The first-order chi connectivity index (χ1) is 4.88. The number of allylic oxidation sites excluding steroid dienone is 2. The summed E-state index contributed by atoms with van der Waals surface area (Å²) in [5, 5.41) is 11.6. The summed E-state index contributed by atoms with van der Waals surface area (Å²) < 4.78 is 4.96. The fourth-order valence-electron chi connectivity index (χ4n) is 1.04. The van der Waals surface area contributed by atoms with Crippen LogP contribution in [0.2, 0.25) is 0 Å². The molecule has 0 bridgehead atoms. The molecule has 0 radical (unpaired) electrons. The van der Waals surface area contributed by atoms with Crippen molar-refractivity contribution in [2.45, 2.75) is 19.3 Å². The Labute approximate surface area is 60.0 Å². The predicted molar refractivity (Wildman–Crippen MR) is 38.2 cm³/mol. The van der Waals surface area contributed by atoms with E-state index in [9.17, 15) is 0 Å². The Morgan fingerprint density at radius 2 is 2.50 bits per heavy atom. The Balaban J connectivity index is 2.72. The highest BCUT2D eigenvalue weighted by molar-refractivity contribution is 5.98. The van der Waals surface area contributed by atoms with Crippen LogP contribution in [0.15, 0.2) is 17.0 Å². The lowest BCUT2D eigenvalue weighted by Crippen LogP contribution is -2.08. The van der Waals surface area contributed by atoms with Gasteiger partial charge in [0.15, 0.2) is 0 Å². The number of rotatable bonds is 1. The quantitative estimate of drug-likeness (QED) is 0.444. The second kappa shape index (κ2) is 3.25. The van der Waals surface area contributed by atoms with Crippen LogP contribution >= 0.6 is 0 Å². The topological polar surface area (TPSA) is 41.8 Å². The van der Waals surface area contributed by atoms with Gasteiger partial charge in [-0.1, -0.05) is 5.16 Å². The summed E-state index contributed by atoms with van der Waals surface area (Å²) in [6.45, 7) is 0. The van der Waals surface area contributed by atoms with Crippen molar-refractivity contribution >= 4 is 5.71 Å². The van der Waals surface area contributed by atoms with E-state index in [1.54, 1.807) is 7.11 Å². The van der Waals surface area contributed by atoms with Gasteiger partial charge in [0, 0.05) is 0 Å². The van der Waals surface area contributed by atoms with E-state index in [2.05, 4.69) is 5.16 Å². The van der Waals surface area contributed by atoms with Crippen LogP contribution in [-0.2, 0) is 4.74 Å². The van der Waals surface area contributed by atoms with Gasteiger partial charge in [-0.2, -0.15) is 0 Å². The summed E-state index contributed by atoms with van der Waals surface area (Å²) in [5.41, 5.74) is 0.661. The minimum atomic E-state index is 0.661. The van der Waals surface area contributed by atoms with Gasteiger partial charge in [0.05, 0.1) is 7.11 Å². The van der Waals surface area contributed by atoms with Crippen molar-refractivity contribution in [2.24, 2.45) is 5.16 Å². The third-order valence-electron chi connectivity index (χ3n) is 1.57. The second-order valence-corrected chi connectivity index (χ2v) is 2.21. The van der Waals surface area contributed by atoms with E-state index < -0.39 is 0 Å². The average Bonchev–Trinajstić information content (AvgIpc) is 2.04. The first-order valence-corrected chi connectivity index (χ1v) is 3.34. The zero-order valence-corrected chi connectivity index (χ0v) is 6.00. The van der Waals surface area contributed by atoms with Crippen LogP contribution < -0.4 is 0 Å². The van der Waals surface area contributed by atoms with Gasteiger partial charge in [0.1, 0.15) is 11.5 Å². The molecule has 0 saturated heterocycles. The molecule has 3 heteroatoms. The zero-order valence-electron chi connectivity index (χ0n) is 6.00. The van der Waals surface area contributed by atoms with E-state index in [-0.39, 0.29) is 0 Å². The Morgan fingerprint density at radius 3 is 3.00 bits per heavy atom. The molecule has 10 heavy (non-hydrogen) atoms. The normalized spacial score (nSPS) is 22.5. The molecule has 0 fully saturated rings. The Bertz CT molecular complexity index is 172. The molecule has 0 amide bonds. The van der Waals surface area contributed by atoms with Crippen LogP contribution in [-0.4, -0.2) is 18.0 Å². The van der Waals surface area contributed by atoms with Gasteiger partial charge in [-0.15, -0.1) is 0 Å². The maximum Gasteiger partial charge on any atom is 0.139 e. The predicted octanol–water partition coefficient (Wildman–Crippen LogP) is 1.53. The number of nitrogens with zero attached hydrogens (tertiary/aromatic N) is 1. The van der Waals surface area contributed by atoms with E-state index in [1.165, 1.54) is 0 Å². The molecule has 1 aliphatic carbocycles. The largest absolute Gasteiger partial charge is 0.495 e. The van der Waals surface area contributed by atoms with E-state index >= 15 is 0 Å². The molecule has 0 heterocycles. The Hall–Kier alpha value is -0.990. The molecular weight excluding hydrogens is 130 g/mol. The standard InChI is InChI=1S/C7H11NO2/c1-10-7-5-3-2-4-6(7)8-9/h5,9H,2-4H2,1H3. The van der Waals surface area contributed by atoms with E-state index in [4.69, 9.17) is 9.94 Å². The number of methoxy groups -OCH3 is 1. The first kappa shape index (κ1) is 7.12. The Kier molecular flexibility index (Phi) is 2.31. The van der Waals surface area contributed by atoms with Gasteiger partial charge >= 0.3 is 0 Å². The van der Waals surface area contributed by atoms with E-state index in [0.29, 0.717) is 11.5 Å². The van der Waals surface area contributed by atoms with Gasteiger partial charge in [0.2, 0.25) is 0 Å². The highest BCUT2D eigenvalue weighted by Crippen LogP contribution is 2.15. The molecule has 0 atom stereocenters. The molecule has 0 aromatic carbocycles. The lowest BCUT2D eigenvalue weighted by molar-refractivity contribution is 0.289. The third kappa shape index (κ3) is 1.29. The lowest BCUT2D eigenvalue weighted by Gasteiger charge is -2.11. The van der Waals surface area contributed by atoms with Crippen molar-refractivity contribution in [3.8, 4) is 0 Å². The van der Waals surface area contributed by atoms with Crippen LogP contribution in [0, 0.1) is 0 Å². The molecule has 56 valence electrons. The maximum absolute atomic E-state index is 8.46. The minimum absolute atomic E-state index is 0.661. The smallest absolute Gasteiger partial charge is 0.139 e. The fraction of sp³-hybridized carbons (Fsp3) is 0.571. The molecule has 0 aromatic heterocycles. The average molecular weight is 141 g/mol. The second-order valence-electron chi connectivity index (χ2n) is 2.21. The number of hydrogen-bond acceptors (Lipinski definition) is 3. The molecule has 0 aliphatic heterocycles. The molecule has 0 unspecified atom stereocenters. The molecule has 0 saturated carbocycles. The fourth-order valence-corrected chi connectivity index (χ4v) is 1.04. The first-order valence-electron chi connectivity index (χ1n) is 3.34. The summed E-state index contributed by atoms with van der Waals surface area (Å²) in [7, 11) is 1.59. The molecule has 3 nitrogen and oxygen atoms in total. The summed E-state index contributed by atoms with van der Waals surface area (Å²) in [6, 6.07) is 0. The van der Waals surface area contributed by atoms with Gasteiger partial charge in [-0.25, -0.2) is 0 Å². The van der Waals surface area contributed by atoms with E-state index in [1.807, 2.05) is 6.08 Å².